The maximum absolute atomic E-state index is 12.0. The van der Waals surface area contributed by atoms with Crippen molar-refractivity contribution in [3.8, 4) is 5.75 Å². The molecule has 2 aromatic rings. The van der Waals surface area contributed by atoms with E-state index in [-0.39, 0.29) is 12.3 Å². The third-order valence-corrected chi connectivity index (χ3v) is 4.20. The van der Waals surface area contributed by atoms with E-state index in [4.69, 9.17) is 21.4 Å². The minimum Gasteiger partial charge on any atom is -0.496 e. The Morgan fingerprint density at radius 3 is 2.41 bits per heavy atom. The minimum absolute atomic E-state index is 0.124. The number of carbonyl (C=O) groups excluding carboxylic acids is 1. The van der Waals surface area contributed by atoms with Crippen LogP contribution in [0.15, 0.2) is 48.5 Å². The van der Waals surface area contributed by atoms with E-state index in [1.807, 2.05) is 24.3 Å². The molecule has 6 heteroatoms. The van der Waals surface area contributed by atoms with Crippen molar-refractivity contribution in [2.45, 2.75) is 19.3 Å². The van der Waals surface area contributed by atoms with Gasteiger partial charge in [-0.25, -0.2) is 0 Å². The minimum atomic E-state index is -0.801. The number of hydrogen-bond donors (Lipinski definition) is 2. The van der Waals surface area contributed by atoms with Crippen LogP contribution in [0.4, 0.5) is 0 Å². The van der Waals surface area contributed by atoms with Gasteiger partial charge in [0.15, 0.2) is 0 Å². The van der Waals surface area contributed by atoms with Gasteiger partial charge in [0.2, 0.25) is 5.91 Å². The van der Waals surface area contributed by atoms with Crippen LogP contribution < -0.4 is 10.1 Å². The molecule has 0 aliphatic carbocycles. The Kier molecular flexibility index (Phi) is 7.89. The number of rotatable bonds is 9. The number of ether oxygens (including phenoxy) is 1. The van der Waals surface area contributed by atoms with Crippen molar-refractivity contribution in [1.29, 1.82) is 0 Å². The molecule has 0 aliphatic rings. The first kappa shape index (κ1) is 20.5. The summed E-state index contributed by atoms with van der Waals surface area (Å²) in [6.07, 6.45) is 4.45. The molecule has 142 valence electrons. The molecule has 27 heavy (non-hydrogen) atoms. The van der Waals surface area contributed by atoms with Crippen LogP contribution in [0.5, 0.6) is 5.75 Å². The van der Waals surface area contributed by atoms with E-state index >= 15 is 0 Å². The molecule has 0 fully saturated rings. The van der Waals surface area contributed by atoms with Gasteiger partial charge in [0.05, 0.1) is 7.11 Å². The van der Waals surface area contributed by atoms with E-state index in [0.29, 0.717) is 30.2 Å². The molecule has 1 amide bonds. The summed E-state index contributed by atoms with van der Waals surface area (Å²) in [6, 6.07) is 13.0. The van der Waals surface area contributed by atoms with Crippen molar-refractivity contribution in [2.75, 3.05) is 13.7 Å². The van der Waals surface area contributed by atoms with Crippen LogP contribution in [0.2, 0.25) is 5.02 Å². The Balaban J connectivity index is 1.80. The van der Waals surface area contributed by atoms with Crippen molar-refractivity contribution in [3.63, 3.8) is 0 Å². The first-order valence-electron chi connectivity index (χ1n) is 8.57. The highest BCUT2D eigenvalue weighted by Gasteiger charge is 2.03. The molecule has 2 N–H and O–H groups in total. The molecule has 0 unspecified atom stereocenters. The number of aryl methyl sites for hydroxylation is 1. The molecule has 0 saturated carbocycles. The first-order chi connectivity index (χ1) is 13.0. The maximum atomic E-state index is 12.0. The average molecular weight is 388 g/mol. The smallest absolute Gasteiger partial charge is 0.303 e. The Morgan fingerprint density at radius 2 is 1.78 bits per heavy atom. The number of carbonyl (C=O) groups is 2. The van der Waals surface area contributed by atoms with Gasteiger partial charge >= 0.3 is 5.97 Å². The van der Waals surface area contributed by atoms with E-state index in [1.165, 1.54) is 6.08 Å². The van der Waals surface area contributed by atoms with Gasteiger partial charge in [0.25, 0.3) is 0 Å². The zero-order chi connectivity index (χ0) is 19.6. The number of nitrogens with one attached hydrogen (secondary N) is 1. The average Bonchev–Trinajstić information content (AvgIpc) is 2.66. The number of carboxylic acids is 1. The number of amides is 1. The molecule has 5 nitrogen and oxygen atoms in total. The maximum Gasteiger partial charge on any atom is 0.303 e. The monoisotopic (exact) mass is 387 g/mol. The number of benzene rings is 2. The summed E-state index contributed by atoms with van der Waals surface area (Å²) in [4.78, 5) is 22.5. The quantitative estimate of drug-likeness (QED) is 0.643. The largest absolute Gasteiger partial charge is 0.496 e. The van der Waals surface area contributed by atoms with Crippen LogP contribution in [-0.2, 0) is 22.4 Å². The second-order valence-corrected chi connectivity index (χ2v) is 6.41. The first-order valence-corrected chi connectivity index (χ1v) is 8.95. The Bertz CT molecular complexity index is 815. The van der Waals surface area contributed by atoms with Crippen LogP contribution in [0.3, 0.4) is 0 Å². The lowest BCUT2D eigenvalue weighted by Crippen LogP contribution is -2.23. The van der Waals surface area contributed by atoms with Crippen LogP contribution >= 0.6 is 11.6 Å². The molecule has 0 heterocycles. The van der Waals surface area contributed by atoms with Gasteiger partial charge in [-0.1, -0.05) is 35.9 Å². The van der Waals surface area contributed by atoms with Crippen molar-refractivity contribution < 1.29 is 19.4 Å². The third kappa shape index (κ3) is 7.15. The SMILES string of the molecule is COc1ccc(Cl)cc1/C=C/C(=O)NCCc1ccc(CCC(=O)O)cc1. The van der Waals surface area contributed by atoms with Crippen molar-refractivity contribution in [2.24, 2.45) is 0 Å². The Hall–Kier alpha value is -2.79. The van der Waals surface area contributed by atoms with Crippen molar-refractivity contribution in [3.05, 3.63) is 70.3 Å². The molecule has 0 bridgehead atoms. The molecular formula is C21H22ClNO4. The summed E-state index contributed by atoms with van der Waals surface area (Å²) in [5, 5.41) is 12.1. The second-order valence-electron chi connectivity index (χ2n) is 5.97. The lowest BCUT2D eigenvalue weighted by molar-refractivity contribution is -0.137. The highest BCUT2D eigenvalue weighted by molar-refractivity contribution is 6.30. The lowest BCUT2D eigenvalue weighted by Gasteiger charge is -2.06. The van der Waals surface area contributed by atoms with Gasteiger partial charge in [-0.05, 0) is 48.2 Å². The Morgan fingerprint density at radius 1 is 1.11 bits per heavy atom. The van der Waals surface area contributed by atoms with E-state index in [9.17, 15) is 9.59 Å². The third-order valence-electron chi connectivity index (χ3n) is 3.97. The summed E-state index contributed by atoms with van der Waals surface area (Å²) < 4.78 is 5.24. The summed E-state index contributed by atoms with van der Waals surface area (Å²) in [5.41, 5.74) is 2.80. The molecule has 0 spiro atoms. The van der Waals surface area contributed by atoms with Gasteiger partial charge in [-0.3, -0.25) is 9.59 Å². The fraction of sp³-hybridized carbons (Fsp3) is 0.238. The number of aliphatic carboxylic acids is 1. The van der Waals surface area contributed by atoms with Gasteiger partial charge < -0.3 is 15.2 Å². The summed E-state index contributed by atoms with van der Waals surface area (Å²) in [7, 11) is 1.56. The Labute approximate surface area is 163 Å². The standard InChI is InChI=1S/C21H22ClNO4/c1-27-19-9-8-18(22)14-17(19)7-10-20(24)23-13-12-16-4-2-15(3-5-16)6-11-21(25)26/h2-5,7-10,14H,6,11-13H2,1H3,(H,23,24)(H,25,26)/b10-7+. The topological polar surface area (TPSA) is 75.6 Å². The van der Waals surface area contributed by atoms with E-state index in [0.717, 1.165) is 16.7 Å². The molecule has 0 aliphatic heterocycles. The van der Waals surface area contributed by atoms with E-state index in [1.54, 1.807) is 31.4 Å². The fourth-order valence-electron chi connectivity index (χ4n) is 2.51. The number of hydrogen-bond acceptors (Lipinski definition) is 3. The lowest BCUT2D eigenvalue weighted by atomic mass is 10.1. The number of halogens is 1. The second kappa shape index (κ2) is 10.4. The molecular weight excluding hydrogens is 366 g/mol. The molecule has 2 rings (SSSR count). The van der Waals surface area contributed by atoms with Crippen LogP contribution in [-0.4, -0.2) is 30.6 Å². The van der Waals surface area contributed by atoms with E-state index < -0.39 is 5.97 Å². The molecule has 0 radical (unpaired) electrons. The number of carboxylic acid groups (broad SMARTS) is 1. The van der Waals surface area contributed by atoms with Gasteiger partial charge in [-0.2, -0.15) is 0 Å². The summed E-state index contributed by atoms with van der Waals surface area (Å²) in [6.45, 7) is 0.504. The highest BCUT2D eigenvalue weighted by atomic mass is 35.5. The van der Waals surface area contributed by atoms with Gasteiger partial charge in [-0.15, -0.1) is 0 Å². The molecule has 0 atom stereocenters. The zero-order valence-corrected chi connectivity index (χ0v) is 15.8. The zero-order valence-electron chi connectivity index (χ0n) is 15.1. The van der Waals surface area contributed by atoms with Crippen molar-refractivity contribution in [1.82, 2.24) is 5.32 Å². The molecule has 0 saturated heterocycles. The molecule has 0 aromatic heterocycles. The normalized spacial score (nSPS) is 10.7. The predicted molar refractivity (Wildman–Crippen MR) is 106 cm³/mol. The van der Waals surface area contributed by atoms with E-state index in [2.05, 4.69) is 5.32 Å². The number of methoxy groups -OCH3 is 1. The van der Waals surface area contributed by atoms with Crippen LogP contribution in [0, 0.1) is 0 Å². The van der Waals surface area contributed by atoms with Crippen LogP contribution in [0.1, 0.15) is 23.1 Å². The summed E-state index contributed by atoms with van der Waals surface area (Å²) >= 11 is 5.97. The van der Waals surface area contributed by atoms with Crippen molar-refractivity contribution >= 4 is 29.6 Å². The molecule has 2 aromatic carbocycles. The highest BCUT2D eigenvalue weighted by Crippen LogP contribution is 2.23. The van der Waals surface area contributed by atoms with Gasteiger partial charge in [0, 0.05) is 29.6 Å². The van der Waals surface area contributed by atoms with Gasteiger partial charge in [0.1, 0.15) is 5.75 Å². The summed E-state index contributed by atoms with van der Waals surface area (Å²) in [5.74, 6) is -0.355. The van der Waals surface area contributed by atoms with Crippen LogP contribution in [0.25, 0.3) is 6.08 Å². The fourth-order valence-corrected chi connectivity index (χ4v) is 2.69. The predicted octanol–water partition coefficient (Wildman–Crippen LogP) is 3.74.